The first-order chi connectivity index (χ1) is 23.8. The Hall–Kier alpha value is -1.32. The van der Waals surface area contributed by atoms with E-state index in [2.05, 4.69) is 50.3 Å². The molecule has 0 aromatic carbocycles. The molecule has 288 valence electrons. The average Bonchev–Trinajstić information content (AvgIpc) is 3.09. The highest BCUT2D eigenvalue weighted by atomic mass is 31.2. The van der Waals surface area contributed by atoms with Gasteiger partial charge in [0.1, 0.15) is 12.2 Å². The van der Waals surface area contributed by atoms with Crippen molar-refractivity contribution < 1.29 is 43.0 Å². The van der Waals surface area contributed by atoms with Crippen LogP contribution in [0.3, 0.4) is 0 Å². The summed E-state index contributed by atoms with van der Waals surface area (Å²) in [7, 11) is -4.52. The van der Waals surface area contributed by atoms with E-state index in [1.54, 1.807) is 0 Å². The molecule has 0 aromatic rings. The van der Waals surface area contributed by atoms with Gasteiger partial charge in [0, 0.05) is 13.0 Å². The minimum Gasteiger partial charge on any atom is -0.457 e. The van der Waals surface area contributed by atoms with Crippen LogP contribution in [-0.2, 0) is 27.9 Å². The fourth-order valence-corrected chi connectivity index (χ4v) is 5.92. The van der Waals surface area contributed by atoms with Crippen LogP contribution in [0.5, 0.6) is 0 Å². The van der Waals surface area contributed by atoms with E-state index in [-0.39, 0.29) is 19.6 Å². The summed E-state index contributed by atoms with van der Waals surface area (Å²) in [5.41, 5.74) is 0. The Bertz CT molecular complexity index is 861. The van der Waals surface area contributed by atoms with Gasteiger partial charge in [0.25, 0.3) is 0 Å². The highest BCUT2D eigenvalue weighted by molar-refractivity contribution is 7.47. The second-order valence-electron chi connectivity index (χ2n) is 12.9. The summed E-state index contributed by atoms with van der Waals surface area (Å²) < 4.78 is 33.2. The number of hydrogen-bond acceptors (Lipinski definition) is 8. The van der Waals surface area contributed by atoms with Gasteiger partial charge >= 0.3 is 13.8 Å². The van der Waals surface area contributed by atoms with Crippen LogP contribution in [0.15, 0.2) is 36.5 Å². The van der Waals surface area contributed by atoms with Gasteiger partial charge < -0.3 is 24.6 Å². The second-order valence-corrected chi connectivity index (χ2v) is 14.4. The van der Waals surface area contributed by atoms with Gasteiger partial charge in [-0.1, -0.05) is 147 Å². The smallest absolute Gasteiger partial charge is 0.457 e. The third-order valence-corrected chi connectivity index (χ3v) is 9.04. The van der Waals surface area contributed by atoms with Crippen molar-refractivity contribution in [3.05, 3.63) is 36.5 Å². The number of rotatable bonds is 37. The van der Waals surface area contributed by atoms with Gasteiger partial charge in [-0.2, -0.15) is 0 Å². The number of phosphoric acid groups is 1. The molecule has 3 unspecified atom stereocenters. The molecule has 9 nitrogen and oxygen atoms in total. The van der Waals surface area contributed by atoms with E-state index in [0.29, 0.717) is 6.61 Å². The van der Waals surface area contributed by atoms with Crippen LogP contribution < -0.4 is 0 Å². The summed E-state index contributed by atoms with van der Waals surface area (Å²) in [5.74, 6) is -0.391. The van der Waals surface area contributed by atoms with Gasteiger partial charge in [-0.3, -0.25) is 13.8 Å². The van der Waals surface area contributed by atoms with Gasteiger partial charge in [-0.15, -0.1) is 0 Å². The predicted octanol–water partition coefficient (Wildman–Crippen LogP) is 10.1. The standard InChI is InChI=1S/C39H73O9P/c1-3-5-7-9-11-13-15-17-19-21-23-25-27-29-31-39(42)48-38(36-47-49(43,44)46-34-37(41)33-40)35-45-32-30-28-26-24-22-20-18-16-14-12-10-8-6-4-2/h6,8,12,14,18,20,37-38,40-41H,3-5,7,9-11,13,15-17,19,21-36H2,1-2H3,(H,43,44)/b8-6-,14-12-,20-18-. The van der Waals surface area contributed by atoms with Gasteiger partial charge in [-0.25, -0.2) is 4.57 Å². The van der Waals surface area contributed by atoms with Crippen molar-refractivity contribution in [2.75, 3.05) is 33.0 Å². The topological polar surface area (TPSA) is 132 Å². The minimum absolute atomic E-state index is 0.0359. The van der Waals surface area contributed by atoms with E-state index >= 15 is 0 Å². The number of phosphoric ester groups is 1. The highest BCUT2D eigenvalue weighted by Crippen LogP contribution is 2.43. The number of carbonyl (C=O) groups excluding carboxylic acids is 1. The van der Waals surface area contributed by atoms with Crippen LogP contribution in [0.2, 0.25) is 0 Å². The van der Waals surface area contributed by atoms with Crippen molar-refractivity contribution in [1.82, 2.24) is 0 Å². The van der Waals surface area contributed by atoms with Crippen molar-refractivity contribution >= 4 is 13.8 Å². The van der Waals surface area contributed by atoms with Crippen LogP contribution in [0.4, 0.5) is 0 Å². The Morgan fingerprint density at radius 1 is 0.653 bits per heavy atom. The quantitative estimate of drug-likeness (QED) is 0.0249. The maximum Gasteiger partial charge on any atom is 0.472 e. The zero-order chi connectivity index (χ0) is 36.1. The van der Waals surface area contributed by atoms with E-state index in [1.807, 2.05) is 0 Å². The summed E-state index contributed by atoms with van der Waals surface area (Å²) >= 11 is 0. The van der Waals surface area contributed by atoms with Gasteiger partial charge in [0.05, 0.1) is 26.4 Å². The van der Waals surface area contributed by atoms with Gasteiger partial charge in [-0.05, 0) is 44.9 Å². The SMILES string of the molecule is CC/C=C\C/C=C\C/C=C\CCCCCCOCC(COP(=O)(O)OCC(O)CO)OC(=O)CCCCCCCCCCCCCCCC. The lowest BCUT2D eigenvalue weighted by molar-refractivity contribution is -0.154. The molecule has 0 amide bonds. The second kappa shape index (κ2) is 36.5. The summed E-state index contributed by atoms with van der Waals surface area (Å²) in [5, 5.41) is 18.3. The molecule has 0 aliphatic rings. The number of allylic oxidation sites excluding steroid dienone is 6. The largest absolute Gasteiger partial charge is 0.472 e. The zero-order valence-electron chi connectivity index (χ0n) is 31.2. The number of esters is 1. The fraction of sp³-hybridized carbons (Fsp3) is 0.821. The molecular weight excluding hydrogens is 643 g/mol. The number of unbranched alkanes of at least 4 members (excludes halogenated alkanes) is 17. The number of hydrogen-bond donors (Lipinski definition) is 3. The van der Waals surface area contributed by atoms with Crippen LogP contribution >= 0.6 is 7.82 Å². The number of carbonyl (C=O) groups is 1. The Balaban J connectivity index is 4.25. The zero-order valence-corrected chi connectivity index (χ0v) is 32.1. The maximum atomic E-state index is 12.6. The summed E-state index contributed by atoms with van der Waals surface area (Å²) in [6, 6.07) is 0. The first kappa shape index (κ1) is 47.7. The lowest BCUT2D eigenvalue weighted by atomic mass is 10.0. The molecule has 0 rings (SSSR count). The number of ether oxygens (including phenoxy) is 2. The van der Waals surface area contributed by atoms with Crippen molar-refractivity contribution in [2.45, 2.75) is 174 Å². The average molecular weight is 717 g/mol. The van der Waals surface area contributed by atoms with E-state index < -0.39 is 39.2 Å². The van der Waals surface area contributed by atoms with E-state index in [1.165, 1.54) is 70.6 Å². The van der Waals surface area contributed by atoms with Crippen molar-refractivity contribution in [3.8, 4) is 0 Å². The lowest BCUT2D eigenvalue weighted by Gasteiger charge is -2.20. The Morgan fingerprint density at radius 2 is 1.16 bits per heavy atom. The summed E-state index contributed by atoms with van der Waals surface area (Å²) in [4.78, 5) is 22.5. The van der Waals surface area contributed by atoms with E-state index in [0.717, 1.165) is 70.6 Å². The molecular formula is C39H73O9P. The Kier molecular flexibility index (Phi) is 35.5. The molecule has 0 aliphatic heterocycles. The molecule has 0 fully saturated rings. The molecule has 0 aromatic heterocycles. The first-order valence-corrected chi connectivity index (χ1v) is 21.0. The highest BCUT2D eigenvalue weighted by Gasteiger charge is 2.26. The third-order valence-electron chi connectivity index (χ3n) is 8.09. The molecule has 3 N–H and O–H groups in total. The van der Waals surface area contributed by atoms with E-state index in [4.69, 9.17) is 23.6 Å². The maximum absolute atomic E-state index is 12.6. The molecule has 0 radical (unpaired) electrons. The van der Waals surface area contributed by atoms with Crippen LogP contribution in [0.1, 0.15) is 162 Å². The normalized spacial score (nSPS) is 14.6. The molecule has 0 saturated carbocycles. The monoisotopic (exact) mass is 716 g/mol. The van der Waals surface area contributed by atoms with Gasteiger partial charge in [0.15, 0.2) is 0 Å². The molecule has 3 atom stereocenters. The van der Waals surface area contributed by atoms with E-state index in [9.17, 15) is 19.4 Å². The minimum atomic E-state index is -4.52. The van der Waals surface area contributed by atoms with Crippen molar-refractivity contribution in [2.24, 2.45) is 0 Å². The number of aliphatic hydroxyl groups excluding tert-OH is 2. The fourth-order valence-electron chi connectivity index (χ4n) is 5.13. The molecule has 0 heterocycles. The molecule has 0 spiro atoms. The molecule has 0 aliphatic carbocycles. The number of aliphatic hydroxyl groups is 2. The third kappa shape index (κ3) is 36.3. The van der Waals surface area contributed by atoms with Gasteiger partial charge in [0.2, 0.25) is 0 Å². The molecule has 10 heteroatoms. The van der Waals surface area contributed by atoms with Crippen molar-refractivity contribution in [3.63, 3.8) is 0 Å². The van der Waals surface area contributed by atoms with Crippen LogP contribution in [0.25, 0.3) is 0 Å². The summed E-state index contributed by atoms with van der Waals surface area (Å²) in [6.45, 7) is 3.35. The van der Waals surface area contributed by atoms with Crippen LogP contribution in [-0.4, -0.2) is 66.3 Å². The first-order valence-electron chi connectivity index (χ1n) is 19.5. The van der Waals surface area contributed by atoms with Crippen molar-refractivity contribution in [1.29, 1.82) is 0 Å². The molecule has 49 heavy (non-hydrogen) atoms. The summed E-state index contributed by atoms with van der Waals surface area (Å²) in [6.07, 6.45) is 36.7. The molecule has 0 saturated heterocycles. The molecule has 0 bridgehead atoms. The lowest BCUT2D eigenvalue weighted by Crippen LogP contribution is -2.29. The predicted molar refractivity (Wildman–Crippen MR) is 200 cm³/mol. The van der Waals surface area contributed by atoms with Crippen LogP contribution in [0, 0.1) is 0 Å². The Morgan fingerprint density at radius 3 is 1.76 bits per heavy atom. The Labute approximate surface area is 299 Å².